The topological polar surface area (TPSA) is 78.7 Å². The number of anilines is 2. The number of aromatic nitrogens is 4. The van der Waals surface area contributed by atoms with Crippen molar-refractivity contribution in [3.05, 3.63) is 47.8 Å². The summed E-state index contributed by atoms with van der Waals surface area (Å²) in [7, 11) is 2.22. The fourth-order valence-corrected chi connectivity index (χ4v) is 4.20. The van der Waals surface area contributed by atoms with Gasteiger partial charge in [-0.3, -0.25) is 4.79 Å². The van der Waals surface area contributed by atoms with Crippen LogP contribution >= 0.6 is 0 Å². The Morgan fingerprint density at radius 3 is 2.70 bits per heavy atom. The molecule has 1 aliphatic heterocycles. The summed E-state index contributed by atoms with van der Waals surface area (Å²) in [6, 6.07) is 2.72. The van der Waals surface area contributed by atoms with Gasteiger partial charge in [-0.1, -0.05) is 0 Å². The maximum absolute atomic E-state index is 12.6. The van der Waals surface area contributed by atoms with Gasteiger partial charge in [-0.05, 0) is 45.4 Å². The van der Waals surface area contributed by atoms with Gasteiger partial charge in [0, 0.05) is 44.0 Å². The fourth-order valence-electron chi connectivity index (χ4n) is 4.20. The van der Waals surface area contributed by atoms with Crippen molar-refractivity contribution in [2.45, 2.75) is 32.7 Å². The number of aryl methyl sites for hydroxylation is 2. The van der Waals surface area contributed by atoms with E-state index >= 15 is 0 Å². The first kappa shape index (κ1) is 19.0. The normalized spacial score (nSPS) is 16.9. The van der Waals surface area contributed by atoms with E-state index in [9.17, 15) is 4.79 Å². The summed E-state index contributed by atoms with van der Waals surface area (Å²) < 4.78 is 1.93. The van der Waals surface area contributed by atoms with E-state index in [1.165, 1.54) is 12.8 Å². The highest BCUT2D eigenvalue weighted by Gasteiger charge is 2.33. The Balaban J connectivity index is 1.20. The number of hydrogen-bond acceptors (Lipinski definition) is 6. The maximum atomic E-state index is 12.6. The van der Waals surface area contributed by atoms with Crippen molar-refractivity contribution in [2.75, 3.05) is 36.9 Å². The molecule has 1 amide bonds. The zero-order valence-electron chi connectivity index (χ0n) is 17.7. The average molecular weight is 406 g/mol. The molecule has 0 aromatic carbocycles. The Morgan fingerprint density at radius 2 is 2.00 bits per heavy atom. The van der Waals surface area contributed by atoms with E-state index < -0.39 is 0 Å². The van der Waals surface area contributed by atoms with Crippen molar-refractivity contribution in [1.29, 1.82) is 0 Å². The Labute approximate surface area is 175 Å². The number of carbonyl (C=O) groups excluding carboxylic acids is 1. The number of fused-ring (bicyclic) bond motifs is 1. The second-order valence-corrected chi connectivity index (χ2v) is 8.68. The van der Waals surface area contributed by atoms with Crippen LogP contribution in [0.3, 0.4) is 0 Å². The van der Waals surface area contributed by atoms with Crippen LogP contribution in [0.2, 0.25) is 0 Å². The third-order valence-corrected chi connectivity index (χ3v) is 5.98. The van der Waals surface area contributed by atoms with Crippen molar-refractivity contribution < 1.29 is 4.79 Å². The highest BCUT2D eigenvalue weighted by molar-refractivity contribution is 6.02. The maximum Gasteiger partial charge on any atom is 0.275 e. The van der Waals surface area contributed by atoms with Gasteiger partial charge in [-0.25, -0.2) is 15.0 Å². The third-order valence-electron chi connectivity index (χ3n) is 5.98. The van der Waals surface area contributed by atoms with Gasteiger partial charge in [-0.2, -0.15) is 0 Å². The first-order valence-corrected chi connectivity index (χ1v) is 10.5. The monoisotopic (exact) mass is 405 g/mol. The Kier molecular flexibility index (Phi) is 4.66. The molecule has 0 unspecified atom stereocenters. The average Bonchev–Trinajstić information content (AvgIpc) is 3.46. The number of rotatable bonds is 6. The van der Waals surface area contributed by atoms with Crippen LogP contribution in [-0.2, 0) is 0 Å². The number of nitrogens with zero attached hydrogens (tertiary/aromatic N) is 6. The zero-order valence-corrected chi connectivity index (χ0v) is 17.7. The van der Waals surface area contributed by atoms with Crippen LogP contribution in [0.4, 0.5) is 11.5 Å². The summed E-state index contributed by atoms with van der Waals surface area (Å²) in [6.45, 7) is 7.08. The molecule has 0 atom stereocenters. The minimum Gasteiger partial charge on any atom is -0.355 e. The van der Waals surface area contributed by atoms with E-state index in [1.807, 2.05) is 36.7 Å². The number of amides is 1. The standard InChI is InChI=1S/C22H27N7O/c1-14-6-17(13-29-9-15(2)25-21(14)29)26-22(30)19-7-24-20(8-23-19)28-11-16(12-28)10-27(3)18-4-5-18/h6-9,13,16,18H,4-5,10-12H2,1-3H3,(H,26,30). The Hall–Kier alpha value is -3.00. The van der Waals surface area contributed by atoms with Crippen molar-refractivity contribution in [3.8, 4) is 0 Å². The van der Waals surface area contributed by atoms with Gasteiger partial charge in [0.1, 0.15) is 17.2 Å². The molecule has 1 aliphatic carbocycles. The quantitative estimate of drug-likeness (QED) is 0.679. The van der Waals surface area contributed by atoms with Gasteiger partial charge in [0.15, 0.2) is 0 Å². The molecule has 3 aromatic heterocycles. The number of nitrogens with one attached hydrogen (secondary N) is 1. The van der Waals surface area contributed by atoms with Crippen LogP contribution in [0.25, 0.3) is 5.65 Å². The third kappa shape index (κ3) is 3.75. The lowest BCUT2D eigenvalue weighted by Crippen LogP contribution is -2.51. The van der Waals surface area contributed by atoms with Gasteiger partial charge in [0.25, 0.3) is 5.91 Å². The van der Waals surface area contributed by atoms with Gasteiger partial charge < -0.3 is 19.5 Å². The summed E-state index contributed by atoms with van der Waals surface area (Å²) in [6.07, 6.45) is 9.75. The fraction of sp³-hybridized carbons (Fsp3) is 0.455. The van der Waals surface area contributed by atoms with Crippen molar-refractivity contribution >= 4 is 23.1 Å². The van der Waals surface area contributed by atoms with E-state index in [1.54, 1.807) is 12.4 Å². The molecule has 1 saturated heterocycles. The van der Waals surface area contributed by atoms with Gasteiger partial charge in [-0.15, -0.1) is 0 Å². The van der Waals surface area contributed by atoms with Crippen LogP contribution in [-0.4, -0.2) is 62.9 Å². The zero-order chi connectivity index (χ0) is 20.8. The number of imidazole rings is 1. The van der Waals surface area contributed by atoms with Gasteiger partial charge in [0.05, 0.1) is 23.8 Å². The molecule has 30 heavy (non-hydrogen) atoms. The molecule has 3 aromatic rings. The summed E-state index contributed by atoms with van der Waals surface area (Å²) >= 11 is 0. The second-order valence-electron chi connectivity index (χ2n) is 8.68. The highest BCUT2D eigenvalue weighted by Crippen LogP contribution is 2.29. The minimum absolute atomic E-state index is 0.266. The predicted molar refractivity (Wildman–Crippen MR) is 116 cm³/mol. The highest BCUT2D eigenvalue weighted by atomic mass is 16.1. The summed E-state index contributed by atoms with van der Waals surface area (Å²) in [5.41, 5.74) is 3.85. The molecule has 2 fully saturated rings. The minimum atomic E-state index is -0.266. The summed E-state index contributed by atoms with van der Waals surface area (Å²) in [4.78, 5) is 30.6. The molecule has 5 rings (SSSR count). The number of hydrogen-bond donors (Lipinski definition) is 1. The molecule has 156 valence electrons. The first-order valence-electron chi connectivity index (χ1n) is 10.5. The summed E-state index contributed by atoms with van der Waals surface area (Å²) in [5.74, 6) is 1.26. The number of carbonyl (C=O) groups is 1. The first-order chi connectivity index (χ1) is 14.5. The van der Waals surface area contributed by atoms with Crippen LogP contribution in [0.1, 0.15) is 34.6 Å². The van der Waals surface area contributed by atoms with Gasteiger partial charge in [0.2, 0.25) is 0 Å². The molecule has 0 bridgehead atoms. The molecule has 2 aliphatic rings. The molecule has 8 nitrogen and oxygen atoms in total. The van der Waals surface area contributed by atoms with Crippen LogP contribution in [0.15, 0.2) is 30.9 Å². The Bertz CT molecular complexity index is 1080. The molecular weight excluding hydrogens is 378 g/mol. The molecule has 8 heteroatoms. The van der Waals surface area contributed by atoms with E-state index in [2.05, 4.69) is 37.1 Å². The van der Waals surface area contributed by atoms with Crippen molar-refractivity contribution in [2.24, 2.45) is 5.92 Å². The van der Waals surface area contributed by atoms with E-state index in [0.717, 1.165) is 48.4 Å². The van der Waals surface area contributed by atoms with Crippen LogP contribution in [0, 0.1) is 19.8 Å². The second kappa shape index (κ2) is 7.36. The summed E-state index contributed by atoms with van der Waals surface area (Å²) in [5, 5.41) is 2.91. The SMILES string of the molecule is Cc1cn2cc(NC(=O)c3cnc(N4CC(CN(C)C5CC5)C4)cn3)cc(C)c2n1. The van der Waals surface area contributed by atoms with E-state index in [4.69, 9.17) is 0 Å². The molecule has 0 radical (unpaired) electrons. The van der Waals surface area contributed by atoms with Gasteiger partial charge >= 0.3 is 0 Å². The number of pyridine rings is 1. The van der Waals surface area contributed by atoms with E-state index in [0.29, 0.717) is 17.3 Å². The smallest absolute Gasteiger partial charge is 0.275 e. The molecule has 1 N–H and O–H groups in total. The van der Waals surface area contributed by atoms with Crippen LogP contribution < -0.4 is 10.2 Å². The van der Waals surface area contributed by atoms with Crippen LogP contribution in [0.5, 0.6) is 0 Å². The van der Waals surface area contributed by atoms with Crippen molar-refractivity contribution in [3.63, 3.8) is 0 Å². The lowest BCUT2D eigenvalue weighted by Gasteiger charge is -2.41. The molecule has 0 spiro atoms. The molecular formula is C22H27N7O. The molecule has 4 heterocycles. The largest absolute Gasteiger partial charge is 0.355 e. The lowest BCUT2D eigenvalue weighted by molar-refractivity contribution is 0.102. The van der Waals surface area contributed by atoms with E-state index in [-0.39, 0.29) is 5.91 Å². The predicted octanol–water partition coefficient (Wildman–Crippen LogP) is 2.52. The van der Waals surface area contributed by atoms with Crippen molar-refractivity contribution in [1.82, 2.24) is 24.3 Å². The Morgan fingerprint density at radius 1 is 1.20 bits per heavy atom. The lowest BCUT2D eigenvalue weighted by atomic mass is 10.00. The molecule has 1 saturated carbocycles.